The Morgan fingerprint density at radius 2 is 2.22 bits per heavy atom. The molecule has 1 aromatic heterocycles. The molecule has 0 aliphatic heterocycles. The predicted octanol–water partition coefficient (Wildman–Crippen LogP) is 0.894. The van der Waals surface area contributed by atoms with Crippen molar-refractivity contribution in [2.24, 2.45) is 0 Å². The van der Waals surface area contributed by atoms with Gasteiger partial charge in [0.15, 0.2) is 0 Å². The number of benzene rings is 1. The third-order valence-corrected chi connectivity index (χ3v) is 2.41. The zero-order valence-electron chi connectivity index (χ0n) is 9.49. The standard InChI is InChI=1S/C11H9N3O4/c1-7(15)5-13-6-12-10-3-2-8(14(17)18)4-9(10)11(13)16/h2-4,6H,5H2,1H3. The summed E-state index contributed by atoms with van der Waals surface area (Å²) in [6.07, 6.45) is 1.26. The van der Waals surface area contributed by atoms with Gasteiger partial charge >= 0.3 is 0 Å². The molecule has 0 atom stereocenters. The van der Waals surface area contributed by atoms with Crippen molar-refractivity contribution in [3.05, 3.63) is 45.0 Å². The lowest BCUT2D eigenvalue weighted by molar-refractivity contribution is -0.384. The van der Waals surface area contributed by atoms with Gasteiger partial charge in [-0.3, -0.25) is 24.3 Å². The molecule has 2 aromatic rings. The largest absolute Gasteiger partial charge is 0.298 e. The van der Waals surface area contributed by atoms with Crippen molar-refractivity contribution in [2.75, 3.05) is 0 Å². The molecule has 0 N–H and O–H groups in total. The van der Waals surface area contributed by atoms with Crippen LogP contribution in [0.2, 0.25) is 0 Å². The highest BCUT2D eigenvalue weighted by atomic mass is 16.6. The van der Waals surface area contributed by atoms with Gasteiger partial charge in [0.2, 0.25) is 0 Å². The van der Waals surface area contributed by atoms with Crippen LogP contribution in [0.15, 0.2) is 29.3 Å². The zero-order valence-corrected chi connectivity index (χ0v) is 9.49. The summed E-state index contributed by atoms with van der Waals surface area (Å²) in [6, 6.07) is 3.86. The van der Waals surface area contributed by atoms with E-state index in [1.165, 1.54) is 31.5 Å². The second kappa shape index (κ2) is 4.36. The molecule has 18 heavy (non-hydrogen) atoms. The fraction of sp³-hybridized carbons (Fsp3) is 0.182. The second-order valence-electron chi connectivity index (χ2n) is 3.84. The molecule has 0 saturated carbocycles. The lowest BCUT2D eigenvalue weighted by atomic mass is 10.2. The van der Waals surface area contributed by atoms with Gasteiger partial charge in [-0.15, -0.1) is 0 Å². The van der Waals surface area contributed by atoms with E-state index >= 15 is 0 Å². The van der Waals surface area contributed by atoms with Gasteiger partial charge in [-0.2, -0.15) is 0 Å². The molecule has 0 fully saturated rings. The zero-order chi connectivity index (χ0) is 13.3. The van der Waals surface area contributed by atoms with Gasteiger partial charge in [-0.25, -0.2) is 4.98 Å². The van der Waals surface area contributed by atoms with Crippen molar-refractivity contribution in [1.82, 2.24) is 9.55 Å². The fourth-order valence-electron chi connectivity index (χ4n) is 1.61. The summed E-state index contributed by atoms with van der Waals surface area (Å²) < 4.78 is 1.13. The van der Waals surface area contributed by atoms with Crippen molar-refractivity contribution >= 4 is 22.4 Å². The van der Waals surface area contributed by atoms with Gasteiger partial charge in [0, 0.05) is 12.1 Å². The van der Waals surface area contributed by atoms with Gasteiger partial charge in [-0.05, 0) is 13.0 Å². The molecule has 0 aliphatic carbocycles. The first-order chi connectivity index (χ1) is 8.49. The van der Waals surface area contributed by atoms with E-state index in [1.807, 2.05) is 0 Å². The number of carbonyl (C=O) groups excluding carboxylic acids is 1. The summed E-state index contributed by atoms with van der Waals surface area (Å²) >= 11 is 0. The van der Waals surface area contributed by atoms with Crippen LogP contribution >= 0.6 is 0 Å². The summed E-state index contributed by atoms with van der Waals surface area (Å²) in [4.78, 5) is 37.0. The lowest BCUT2D eigenvalue weighted by Gasteiger charge is -2.03. The summed E-state index contributed by atoms with van der Waals surface area (Å²) in [5.41, 5.74) is -0.272. The normalized spacial score (nSPS) is 10.5. The van der Waals surface area contributed by atoms with Gasteiger partial charge in [0.25, 0.3) is 11.2 Å². The molecule has 2 rings (SSSR count). The monoisotopic (exact) mass is 247 g/mol. The van der Waals surface area contributed by atoms with Crippen LogP contribution in [0.3, 0.4) is 0 Å². The van der Waals surface area contributed by atoms with E-state index in [9.17, 15) is 19.7 Å². The van der Waals surface area contributed by atoms with Crippen molar-refractivity contribution in [3.63, 3.8) is 0 Å². The van der Waals surface area contributed by atoms with Crippen LogP contribution in [0.5, 0.6) is 0 Å². The molecule has 1 heterocycles. The first-order valence-corrected chi connectivity index (χ1v) is 5.12. The average Bonchev–Trinajstić information content (AvgIpc) is 2.32. The molecule has 0 aliphatic rings. The maximum absolute atomic E-state index is 12.0. The molecular formula is C11H9N3O4. The Morgan fingerprint density at radius 1 is 1.50 bits per heavy atom. The number of carbonyl (C=O) groups is 1. The highest BCUT2D eigenvalue weighted by Crippen LogP contribution is 2.16. The fourth-order valence-corrected chi connectivity index (χ4v) is 1.61. The molecular weight excluding hydrogens is 238 g/mol. The van der Waals surface area contributed by atoms with Crippen LogP contribution in [-0.2, 0) is 11.3 Å². The molecule has 0 spiro atoms. The van der Waals surface area contributed by atoms with Gasteiger partial charge < -0.3 is 0 Å². The van der Waals surface area contributed by atoms with E-state index < -0.39 is 10.5 Å². The Kier molecular flexibility index (Phi) is 2.88. The van der Waals surface area contributed by atoms with Crippen LogP contribution < -0.4 is 5.56 Å². The van der Waals surface area contributed by atoms with Gasteiger partial charge in [-0.1, -0.05) is 0 Å². The number of fused-ring (bicyclic) bond motifs is 1. The highest BCUT2D eigenvalue weighted by molar-refractivity contribution is 5.80. The molecule has 1 aromatic carbocycles. The Labute approximate surface area is 101 Å². The summed E-state index contributed by atoms with van der Waals surface area (Å²) in [5, 5.41) is 10.8. The topological polar surface area (TPSA) is 95.1 Å². The van der Waals surface area contributed by atoms with Crippen LogP contribution in [0.25, 0.3) is 10.9 Å². The average molecular weight is 247 g/mol. The minimum atomic E-state index is -0.582. The number of non-ortho nitro benzene ring substituents is 1. The van der Waals surface area contributed by atoms with E-state index in [0.717, 1.165) is 4.57 Å². The quantitative estimate of drug-likeness (QED) is 0.593. The number of aromatic nitrogens is 2. The number of nitro groups is 1. The number of rotatable bonds is 3. The highest BCUT2D eigenvalue weighted by Gasteiger charge is 2.11. The van der Waals surface area contributed by atoms with E-state index in [4.69, 9.17) is 0 Å². The van der Waals surface area contributed by atoms with E-state index in [-0.39, 0.29) is 23.4 Å². The Bertz CT molecular complexity index is 705. The van der Waals surface area contributed by atoms with Crippen molar-refractivity contribution < 1.29 is 9.72 Å². The van der Waals surface area contributed by atoms with E-state index in [2.05, 4.69) is 4.98 Å². The molecule has 0 radical (unpaired) electrons. The van der Waals surface area contributed by atoms with Crippen LogP contribution in [0, 0.1) is 10.1 Å². The SMILES string of the molecule is CC(=O)Cn1cnc2ccc([N+](=O)[O-])cc2c1=O. The minimum Gasteiger partial charge on any atom is -0.298 e. The van der Waals surface area contributed by atoms with E-state index in [1.54, 1.807) is 0 Å². The molecule has 7 nitrogen and oxygen atoms in total. The maximum atomic E-state index is 12.0. The Morgan fingerprint density at radius 3 is 2.83 bits per heavy atom. The van der Waals surface area contributed by atoms with Crippen molar-refractivity contribution in [1.29, 1.82) is 0 Å². The van der Waals surface area contributed by atoms with Crippen LogP contribution in [0.1, 0.15) is 6.92 Å². The number of hydrogen-bond acceptors (Lipinski definition) is 5. The molecule has 92 valence electrons. The second-order valence-corrected chi connectivity index (χ2v) is 3.84. The summed E-state index contributed by atoms with van der Waals surface area (Å²) in [5.74, 6) is -0.191. The maximum Gasteiger partial charge on any atom is 0.270 e. The third kappa shape index (κ3) is 2.10. The minimum absolute atomic E-state index is 0.0928. The first kappa shape index (κ1) is 11.9. The summed E-state index contributed by atoms with van der Waals surface area (Å²) in [6.45, 7) is 1.26. The number of hydrogen-bond donors (Lipinski definition) is 0. The number of Topliss-reactive ketones (excluding diaryl/α,β-unsaturated/α-hetero) is 1. The number of ketones is 1. The van der Waals surface area contributed by atoms with Crippen molar-refractivity contribution in [2.45, 2.75) is 13.5 Å². The number of nitrogens with zero attached hydrogens (tertiary/aromatic N) is 3. The lowest BCUT2D eigenvalue weighted by Crippen LogP contribution is -2.23. The Balaban J connectivity index is 2.67. The first-order valence-electron chi connectivity index (χ1n) is 5.12. The number of nitro benzene ring substituents is 1. The smallest absolute Gasteiger partial charge is 0.270 e. The van der Waals surface area contributed by atoms with Gasteiger partial charge in [0.05, 0.1) is 28.7 Å². The molecule has 0 saturated heterocycles. The van der Waals surface area contributed by atoms with Gasteiger partial charge in [0.1, 0.15) is 5.78 Å². The molecule has 7 heteroatoms. The molecule has 0 amide bonds. The summed E-state index contributed by atoms with van der Waals surface area (Å²) in [7, 11) is 0. The molecule has 0 bridgehead atoms. The van der Waals surface area contributed by atoms with Crippen LogP contribution in [0.4, 0.5) is 5.69 Å². The van der Waals surface area contributed by atoms with E-state index in [0.29, 0.717) is 5.52 Å². The molecule has 0 unspecified atom stereocenters. The third-order valence-electron chi connectivity index (χ3n) is 2.41. The van der Waals surface area contributed by atoms with Crippen LogP contribution in [-0.4, -0.2) is 20.3 Å². The predicted molar refractivity (Wildman–Crippen MR) is 63.3 cm³/mol. The van der Waals surface area contributed by atoms with Crippen molar-refractivity contribution in [3.8, 4) is 0 Å². The Hall–Kier alpha value is -2.57.